The van der Waals surface area contributed by atoms with E-state index in [1.165, 1.54) is 31.0 Å². The summed E-state index contributed by atoms with van der Waals surface area (Å²) in [6, 6.07) is -1.15. The molecule has 2 atom stereocenters. The number of nitrogens with one attached hydrogen (secondary N) is 5. The van der Waals surface area contributed by atoms with Crippen LogP contribution in [0.3, 0.4) is 0 Å². The third-order valence-electron chi connectivity index (χ3n) is 8.98. The van der Waals surface area contributed by atoms with Gasteiger partial charge in [0.25, 0.3) is 0 Å². The predicted octanol–water partition coefficient (Wildman–Crippen LogP) is 2.24. The number of aliphatic carboxylic acids is 2. The van der Waals surface area contributed by atoms with Gasteiger partial charge in [-0.05, 0) is 19.3 Å². The Morgan fingerprint density at radius 2 is 0.952 bits per heavy atom. The quantitative estimate of drug-likeness (QED) is 0.0322. The van der Waals surface area contributed by atoms with Crippen molar-refractivity contribution in [3.63, 3.8) is 0 Å². The van der Waals surface area contributed by atoms with Gasteiger partial charge >= 0.3 is 11.9 Å². The maximum absolute atomic E-state index is 12.3. The minimum absolute atomic E-state index is 0.0386. The Kier molecular flexibility index (Phi) is 39.2. The summed E-state index contributed by atoms with van der Waals surface area (Å²) in [5.41, 5.74) is 0. The summed E-state index contributed by atoms with van der Waals surface area (Å²) < 4.78 is 21.3. The molecule has 0 fully saturated rings. The third-order valence-corrected chi connectivity index (χ3v) is 10.6. The Morgan fingerprint density at radius 1 is 0.516 bits per heavy atom. The summed E-state index contributed by atoms with van der Waals surface area (Å²) in [4.78, 5) is 93.2. The highest BCUT2D eigenvalue weighted by atomic mass is 32.2. The first-order chi connectivity index (χ1) is 29.8. The van der Waals surface area contributed by atoms with Crippen LogP contribution in [0.2, 0.25) is 0 Å². The smallest absolute Gasteiger partial charge is 0.326 e. The Morgan fingerprint density at radius 3 is 1.44 bits per heavy atom. The van der Waals surface area contributed by atoms with Gasteiger partial charge in [-0.3, -0.25) is 33.6 Å². The number of carbonyl (C=O) groups is 8. The molecule has 0 aromatic rings. The number of hydrogen-bond acceptors (Lipinski definition) is 13. The first kappa shape index (κ1) is 58.5. The number of thiol groups is 1. The molecule has 0 aromatic carbocycles. The molecule has 5 amide bonds. The topological polar surface area (TPSA) is 274 Å². The number of thioether (sulfide) groups is 1. The molecule has 7 N–H and O–H groups in total. The summed E-state index contributed by atoms with van der Waals surface area (Å²) in [5.74, 6) is -3.01. The van der Waals surface area contributed by atoms with Crippen LogP contribution in [-0.2, 0) is 57.3 Å². The summed E-state index contributed by atoms with van der Waals surface area (Å²) in [5, 5.41) is 31.0. The molecule has 19 nitrogen and oxygen atoms in total. The number of amides is 5. The minimum Gasteiger partial charge on any atom is -0.481 e. The van der Waals surface area contributed by atoms with E-state index in [0.29, 0.717) is 12.2 Å². The largest absolute Gasteiger partial charge is 0.481 e. The molecule has 62 heavy (non-hydrogen) atoms. The molecule has 0 unspecified atom stereocenters. The van der Waals surface area contributed by atoms with Crippen LogP contribution in [0.25, 0.3) is 0 Å². The Labute approximate surface area is 376 Å². The van der Waals surface area contributed by atoms with E-state index in [2.05, 4.69) is 39.2 Å². The normalized spacial score (nSPS) is 11.9. The molecular weight excluding hydrogens is 851 g/mol. The molecule has 0 saturated heterocycles. The molecule has 0 radical (unpaired) electrons. The monoisotopic (exact) mass is 923 g/mol. The minimum atomic E-state index is -1.19. The SMILES string of the molecule is C[C@@H](CSCC(=O)NCCNC(=O)COCCOCCNC(=O)COCCOCCNC(=O)CC[C@H](NC(=O)CCCCCCCCCCCCCCC(=O)O)C(=O)O)C(=O)S. The average molecular weight is 924 g/mol. The zero-order valence-electron chi connectivity index (χ0n) is 36.5. The molecule has 0 saturated carbocycles. The molecule has 0 aromatic heterocycles. The maximum Gasteiger partial charge on any atom is 0.326 e. The number of rotatable bonds is 44. The van der Waals surface area contributed by atoms with E-state index in [1.54, 1.807) is 6.92 Å². The fourth-order valence-corrected chi connectivity index (χ4v) is 6.59. The van der Waals surface area contributed by atoms with E-state index in [0.717, 1.165) is 51.4 Å². The van der Waals surface area contributed by atoms with E-state index in [1.807, 2.05) is 0 Å². The van der Waals surface area contributed by atoms with Gasteiger partial charge in [0.2, 0.25) is 29.5 Å². The lowest BCUT2D eigenvalue weighted by molar-refractivity contribution is -0.142. The number of carboxylic acids is 2. The fraction of sp³-hybridized carbons (Fsp3) is 0.805. The highest BCUT2D eigenvalue weighted by Crippen LogP contribution is 2.13. The Hall–Kier alpha value is -3.50. The van der Waals surface area contributed by atoms with Crippen molar-refractivity contribution in [1.29, 1.82) is 0 Å². The first-order valence-corrected chi connectivity index (χ1v) is 23.3. The fourth-order valence-electron chi connectivity index (χ4n) is 5.47. The lowest BCUT2D eigenvalue weighted by atomic mass is 10.0. The highest BCUT2D eigenvalue weighted by molar-refractivity contribution is 8.00. The van der Waals surface area contributed by atoms with Crippen LogP contribution < -0.4 is 26.6 Å². The molecule has 0 aliphatic rings. The van der Waals surface area contributed by atoms with Crippen LogP contribution >= 0.6 is 24.4 Å². The average Bonchev–Trinajstić information content (AvgIpc) is 3.22. The standard InChI is InChI=1S/C41H73N5O14S2/c1-32(41(56)61)30-62-31-38(51)43-19-18-42-36(49)28-59-26-25-58-23-21-45-37(50)29-60-27-24-57-22-20-44-34(47)17-16-33(40(54)55)46-35(48)14-12-10-8-6-4-2-3-5-7-9-11-13-15-39(52)53/h32-33H,2-31H2,1H3,(H,42,49)(H,43,51)(H,44,47)(H,45,50)(H,46,48)(H,52,53)(H,54,55)(H,56,61)/t32-,33-/m0/s1. The summed E-state index contributed by atoms with van der Waals surface area (Å²) in [7, 11) is 0. The number of ether oxygens (including phenoxy) is 4. The van der Waals surface area contributed by atoms with Gasteiger partial charge in [0.05, 0.1) is 45.4 Å². The second-order valence-electron chi connectivity index (χ2n) is 14.6. The van der Waals surface area contributed by atoms with E-state index in [-0.39, 0.29) is 151 Å². The van der Waals surface area contributed by atoms with Crippen molar-refractivity contribution in [3.05, 3.63) is 0 Å². The van der Waals surface area contributed by atoms with E-state index in [9.17, 15) is 43.5 Å². The zero-order valence-corrected chi connectivity index (χ0v) is 38.2. The molecule has 21 heteroatoms. The van der Waals surface area contributed by atoms with Crippen LogP contribution in [0.1, 0.15) is 110 Å². The maximum atomic E-state index is 12.3. The second kappa shape index (κ2) is 41.5. The number of hydrogen-bond donors (Lipinski definition) is 8. The van der Waals surface area contributed by atoms with Crippen molar-refractivity contribution >= 4 is 71.0 Å². The summed E-state index contributed by atoms with van der Waals surface area (Å²) in [6.45, 7) is 3.50. The highest BCUT2D eigenvalue weighted by Gasteiger charge is 2.21. The van der Waals surface area contributed by atoms with Gasteiger partial charge in [0.1, 0.15) is 19.3 Å². The lowest BCUT2D eigenvalue weighted by Gasteiger charge is -2.14. The van der Waals surface area contributed by atoms with Crippen molar-refractivity contribution in [2.45, 2.75) is 116 Å². The van der Waals surface area contributed by atoms with Gasteiger partial charge in [-0.15, -0.1) is 12.6 Å². The van der Waals surface area contributed by atoms with Crippen molar-refractivity contribution < 1.29 is 67.5 Å². The van der Waals surface area contributed by atoms with E-state index in [4.69, 9.17) is 24.1 Å². The Balaban J connectivity index is 3.66. The van der Waals surface area contributed by atoms with Gasteiger partial charge < -0.3 is 55.7 Å². The predicted molar refractivity (Wildman–Crippen MR) is 237 cm³/mol. The summed E-state index contributed by atoms with van der Waals surface area (Å²) >= 11 is 5.10. The van der Waals surface area contributed by atoms with Crippen molar-refractivity contribution in [2.24, 2.45) is 5.92 Å². The van der Waals surface area contributed by atoms with Crippen LogP contribution in [0, 0.1) is 5.92 Å². The molecule has 0 spiro atoms. The van der Waals surface area contributed by atoms with Crippen LogP contribution in [0.5, 0.6) is 0 Å². The van der Waals surface area contributed by atoms with Crippen molar-refractivity contribution in [3.8, 4) is 0 Å². The molecule has 0 bridgehead atoms. The second-order valence-corrected chi connectivity index (χ2v) is 16.1. The zero-order chi connectivity index (χ0) is 46.1. The molecule has 358 valence electrons. The van der Waals surface area contributed by atoms with Crippen molar-refractivity contribution in [1.82, 2.24) is 26.6 Å². The molecule has 0 heterocycles. The van der Waals surface area contributed by atoms with Gasteiger partial charge in [-0.1, -0.05) is 71.1 Å². The molecule has 0 aliphatic heterocycles. The number of unbranched alkanes of at least 4 members (excludes halogenated alkanes) is 11. The molecule has 0 aliphatic carbocycles. The van der Waals surface area contributed by atoms with Gasteiger partial charge in [-0.2, -0.15) is 11.8 Å². The van der Waals surface area contributed by atoms with E-state index >= 15 is 0 Å². The molecular formula is C41H73N5O14S2. The van der Waals surface area contributed by atoms with E-state index < -0.39 is 18.0 Å². The van der Waals surface area contributed by atoms with Crippen LogP contribution in [-0.4, -0.2) is 153 Å². The molecule has 0 rings (SSSR count). The van der Waals surface area contributed by atoms with Crippen LogP contribution in [0.15, 0.2) is 0 Å². The lowest BCUT2D eigenvalue weighted by Crippen LogP contribution is -2.41. The van der Waals surface area contributed by atoms with Crippen LogP contribution in [0.4, 0.5) is 0 Å². The first-order valence-electron chi connectivity index (χ1n) is 21.7. The van der Waals surface area contributed by atoms with Gasteiger partial charge in [0, 0.05) is 57.1 Å². The summed E-state index contributed by atoms with van der Waals surface area (Å²) in [6.07, 6.45) is 12.6. The number of carboxylic acid groups (broad SMARTS) is 2. The van der Waals surface area contributed by atoms with Gasteiger partial charge in [-0.25, -0.2) is 4.79 Å². The Bertz CT molecular complexity index is 1280. The third kappa shape index (κ3) is 40.6. The van der Waals surface area contributed by atoms with Gasteiger partial charge in [0.15, 0.2) is 5.12 Å². The van der Waals surface area contributed by atoms with Crippen molar-refractivity contribution in [2.75, 3.05) is 90.5 Å². The number of carbonyl (C=O) groups excluding carboxylic acids is 6.